The number of benzene rings is 2. The Morgan fingerprint density at radius 2 is 1.86 bits per heavy atom. The summed E-state index contributed by atoms with van der Waals surface area (Å²) in [5.74, 6) is 1.36. The zero-order valence-electron chi connectivity index (χ0n) is 16.7. The summed E-state index contributed by atoms with van der Waals surface area (Å²) in [7, 11) is 1.65. The van der Waals surface area contributed by atoms with Gasteiger partial charge < -0.3 is 14.4 Å². The van der Waals surface area contributed by atoms with E-state index in [0.29, 0.717) is 12.3 Å². The summed E-state index contributed by atoms with van der Waals surface area (Å²) < 4.78 is 9.25. The van der Waals surface area contributed by atoms with Crippen LogP contribution in [0.4, 0.5) is 0 Å². The molecule has 0 amide bonds. The number of hydrogen-bond donors (Lipinski definition) is 1. The Bertz CT molecular complexity index is 1120. The van der Waals surface area contributed by atoms with Crippen molar-refractivity contribution in [3.63, 3.8) is 0 Å². The van der Waals surface area contributed by atoms with Crippen LogP contribution in [0, 0.1) is 13.8 Å². The fourth-order valence-corrected chi connectivity index (χ4v) is 4.13. The second-order valence-electron chi connectivity index (χ2n) is 7.06. The van der Waals surface area contributed by atoms with E-state index in [4.69, 9.17) is 4.74 Å². The van der Waals surface area contributed by atoms with Crippen LogP contribution in [0.25, 0.3) is 16.7 Å². The normalized spacial score (nSPS) is 12.4. The minimum absolute atomic E-state index is 0.495. The number of fused-ring (bicyclic) bond motifs is 1. The van der Waals surface area contributed by atoms with Crippen molar-refractivity contribution in [1.29, 1.82) is 0 Å². The maximum atomic E-state index is 10.6. The molecular weight excluding hydrogens is 384 g/mol. The van der Waals surface area contributed by atoms with Gasteiger partial charge in [0.25, 0.3) is 0 Å². The van der Waals surface area contributed by atoms with Crippen LogP contribution in [0.1, 0.15) is 11.1 Å². The number of rotatable bonds is 7. The fourth-order valence-electron chi connectivity index (χ4n) is 3.25. The first-order chi connectivity index (χ1) is 14.0. The van der Waals surface area contributed by atoms with Crippen molar-refractivity contribution in [2.75, 3.05) is 12.9 Å². The number of imidazole rings is 2. The Kier molecular flexibility index (Phi) is 5.60. The highest BCUT2D eigenvalue weighted by molar-refractivity contribution is 7.99. The third kappa shape index (κ3) is 4.16. The van der Waals surface area contributed by atoms with Crippen LogP contribution in [0.5, 0.6) is 5.75 Å². The fraction of sp³-hybridized carbons (Fsp3) is 0.273. The summed E-state index contributed by atoms with van der Waals surface area (Å²) >= 11 is 1.54. The van der Waals surface area contributed by atoms with Crippen molar-refractivity contribution < 1.29 is 9.84 Å². The molecule has 7 heteroatoms. The average Bonchev–Trinajstić information content (AvgIpc) is 3.34. The van der Waals surface area contributed by atoms with Crippen LogP contribution in [-0.4, -0.2) is 43.2 Å². The van der Waals surface area contributed by atoms with Gasteiger partial charge in [-0.15, -0.1) is 0 Å². The Balaban J connectivity index is 1.44. The van der Waals surface area contributed by atoms with Gasteiger partial charge in [0.1, 0.15) is 5.75 Å². The van der Waals surface area contributed by atoms with Gasteiger partial charge in [-0.25, -0.2) is 9.97 Å². The summed E-state index contributed by atoms with van der Waals surface area (Å²) in [5.41, 5.74) is 5.47. The quantitative estimate of drug-likeness (QED) is 0.468. The Labute approximate surface area is 174 Å². The summed E-state index contributed by atoms with van der Waals surface area (Å²) in [6.45, 7) is 4.68. The van der Waals surface area contributed by atoms with Gasteiger partial charge in [0.05, 0.1) is 37.1 Å². The lowest BCUT2D eigenvalue weighted by molar-refractivity contribution is 0.179. The Morgan fingerprint density at radius 1 is 1.10 bits per heavy atom. The minimum atomic E-state index is -0.514. The van der Waals surface area contributed by atoms with E-state index in [-0.39, 0.29) is 0 Å². The average molecular weight is 409 g/mol. The molecule has 2 aromatic heterocycles. The van der Waals surface area contributed by atoms with Gasteiger partial charge in [-0.1, -0.05) is 11.8 Å². The number of nitrogens with zero attached hydrogens (tertiary/aromatic N) is 4. The lowest BCUT2D eigenvalue weighted by atomic mass is 10.1. The maximum Gasteiger partial charge on any atom is 0.172 e. The number of aromatic nitrogens is 4. The number of methoxy groups -OCH3 is 1. The largest absolute Gasteiger partial charge is 0.497 e. The summed E-state index contributed by atoms with van der Waals surface area (Å²) in [4.78, 5) is 8.91. The molecule has 0 aliphatic heterocycles. The number of aliphatic hydroxyl groups is 1. The number of thioether (sulfide) groups is 1. The number of hydrogen-bond acceptors (Lipinski definition) is 5. The van der Waals surface area contributed by atoms with Crippen molar-refractivity contribution >= 4 is 22.8 Å². The predicted octanol–water partition coefficient (Wildman–Crippen LogP) is 4.00. The topological polar surface area (TPSA) is 65.1 Å². The predicted molar refractivity (Wildman–Crippen MR) is 116 cm³/mol. The summed E-state index contributed by atoms with van der Waals surface area (Å²) in [5, 5.41) is 11.5. The summed E-state index contributed by atoms with van der Waals surface area (Å²) in [6.07, 6.45) is 4.98. The molecule has 0 fully saturated rings. The van der Waals surface area contributed by atoms with Gasteiger partial charge in [0, 0.05) is 23.8 Å². The smallest absolute Gasteiger partial charge is 0.172 e. The Morgan fingerprint density at radius 3 is 2.62 bits per heavy atom. The van der Waals surface area contributed by atoms with Crippen molar-refractivity contribution in [2.45, 2.75) is 31.7 Å². The van der Waals surface area contributed by atoms with Crippen LogP contribution < -0.4 is 4.74 Å². The molecule has 0 saturated heterocycles. The molecule has 0 radical (unpaired) electrons. The van der Waals surface area contributed by atoms with E-state index in [1.54, 1.807) is 19.6 Å². The van der Waals surface area contributed by atoms with E-state index in [0.717, 1.165) is 27.6 Å². The van der Waals surface area contributed by atoms with Gasteiger partial charge in [-0.3, -0.25) is 4.57 Å². The molecule has 0 aliphatic rings. The molecular formula is C22H24N4O2S. The molecule has 6 nitrogen and oxygen atoms in total. The number of aliphatic hydroxyl groups excluding tert-OH is 1. The van der Waals surface area contributed by atoms with Gasteiger partial charge >= 0.3 is 0 Å². The van der Waals surface area contributed by atoms with Crippen molar-refractivity contribution in [1.82, 2.24) is 19.1 Å². The molecule has 4 aromatic rings. The first kappa shape index (κ1) is 19.5. The highest BCUT2D eigenvalue weighted by Gasteiger charge is 2.13. The van der Waals surface area contributed by atoms with Crippen LogP contribution in [0.2, 0.25) is 0 Å². The van der Waals surface area contributed by atoms with E-state index in [1.807, 2.05) is 39.6 Å². The molecule has 1 unspecified atom stereocenters. The van der Waals surface area contributed by atoms with Crippen LogP contribution in [-0.2, 0) is 6.54 Å². The minimum Gasteiger partial charge on any atom is -0.497 e. The lowest BCUT2D eigenvalue weighted by Crippen LogP contribution is -2.18. The standard InChI is InChI=1S/C22H24N4O2S/c1-15-10-20-21(11-16(15)2)25(14-24-20)12-18(27)13-29-22-23-8-9-26(22)17-4-6-19(28-3)7-5-17/h4-11,14,18,27H,12-13H2,1-3H3. The van der Waals surface area contributed by atoms with Gasteiger partial charge in [0.15, 0.2) is 5.16 Å². The van der Waals surface area contributed by atoms with E-state index in [9.17, 15) is 5.11 Å². The van der Waals surface area contributed by atoms with Crippen molar-refractivity contribution in [2.24, 2.45) is 0 Å². The van der Waals surface area contributed by atoms with Gasteiger partial charge in [0.2, 0.25) is 0 Å². The lowest BCUT2D eigenvalue weighted by Gasteiger charge is -2.13. The molecule has 1 atom stereocenters. The zero-order chi connectivity index (χ0) is 20.4. The van der Waals surface area contributed by atoms with E-state index in [1.165, 1.54) is 22.9 Å². The van der Waals surface area contributed by atoms with Gasteiger partial charge in [-0.05, 0) is 61.4 Å². The molecule has 29 heavy (non-hydrogen) atoms. The van der Waals surface area contributed by atoms with E-state index >= 15 is 0 Å². The second-order valence-corrected chi connectivity index (χ2v) is 8.05. The molecule has 0 saturated carbocycles. The Hall–Kier alpha value is -2.77. The molecule has 0 aliphatic carbocycles. The second kappa shape index (κ2) is 8.31. The number of ether oxygens (including phenoxy) is 1. The highest BCUT2D eigenvalue weighted by Crippen LogP contribution is 2.24. The number of aryl methyl sites for hydroxylation is 2. The first-order valence-corrected chi connectivity index (χ1v) is 10.4. The molecule has 1 N–H and O–H groups in total. The SMILES string of the molecule is COc1ccc(-n2ccnc2SCC(O)Cn2cnc3cc(C)c(C)cc32)cc1. The van der Waals surface area contributed by atoms with Crippen LogP contribution in [0.15, 0.2) is 60.3 Å². The van der Waals surface area contributed by atoms with Crippen molar-refractivity contribution in [3.05, 3.63) is 66.2 Å². The van der Waals surface area contributed by atoms with Gasteiger partial charge in [-0.2, -0.15) is 0 Å². The van der Waals surface area contributed by atoms with E-state index in [2.05, 4.69) is 35.9 Å². The third-order valence-corrected chi connectivity index (χ3v) is 6.12. The van der Waals surface area contributed by atoms with Crippen LogP contribution >= 0.6 is 11.8 Å². The molecule has 150 valence electrons. The molecule has 2 heterocycles. The molecule has 0 bridgehead atoms. The summed E-state index contributed by atoms with van der Waals surface area (Å²) in [6, 6.07) is 12.0. The molecule has 0 spiro atoms. The third-order valence-electron chi connectivity index (χ3n) is 5.01. The van der Waals surface area contributed by atoms with Crippen LogP contribution in [0.3, 0.4) is 0 Å². The highest BCUT2D eigenvalue weighted by atomic mass is 32.2. The first-order valence-electron chi connectivity index (χ1n) is 9.46. The zero-order valence-corrected chi connectivity index (χ0v) is 17.6. The monoisotopic (exact) mass is 408 g/mol. The maximum absolute atomic E-state index is 10.6. The van der Waals surface area contributed by atoms with Crippen molar-refractivity contribution in [3.8, 4) is 11.4 Å². The van der Waals surface area contributed by atoms with E-state index < -0.39 is 6.10 Å². The molecule has 4 rings (SSSR count). The molecule has 2 aromatic carbocycles.